The molecule has 2 N–H and O–H groups in total. The van der Waals surface area contributed by atoms with Crippen molar-refractivity contribution >= 4 is 35.4 Å². The Morgan fingerprint density at radius 3 is 2.81 bits per heavy atom. The highest BCUT2D eigenvalue weighted by atomic mass is 35.5. The van der Waals surface area contributed by atoms with Gasteiger partial charge in [-0.3, -0.25) is 4.79 Å². The number of nitrogens with zero attached hydrogens (tertiary/aromatic N) is 1. The molecule has 0 saturated heterocycles. The van der Waals surface area contributed by atoms with Crippen LogP contribution in [-0.2, 0) is 9.53 Å². The third kappa shape index (κ3) is 4.84. The average Bonchev–Trinajstić information content (AvgIpc) is 3.47. The Hall–Kier alpha value is -3.98. The first kappa shape index (κ1) is 21.3. The molecule has 0 saturated carbocycles. The molecule has 0 unspecified atom stereocenters. The molecule has 2 heterocycles. The molecule has 0 bridgehead atoms. The number of amides is 1. The second kappa shape index (κ2) is 9.44. The van der Waals surface area contributed by atoms with E-state index in [1.165, 1.54) is 13.3 Å². The van der Waals surface area contributed by atoms with Gasteiger partial charge >= 0.3 is 5.97 Å². The van der Waals surface area contributed by atoms with Crippen LogP contribution < -0.4 is 20.2 Å². The maximum atomic E-state index is 12.0. The van der Waals surface area contributed by atoms with E-state index in [0.29, 0.717) is 28.6 Å². The number of fused-ring (bicyclic) bond motifs is 1. The summed E-state index contributed by atoms with van der Waals surface area (Å²) in [5, 5.41) is 7.16. The lowest BCUT2D eigenvalue weighted by Gasteiger charge is -2.06. The summed E-state index contributed by atoms with van der Waals surface area (Å²) in [6.45, 7) is 0.203. The highest BCUT2D eigenvalue weighted by Gasteiger charge is 2.14. The molecule has 1 aromatic heterocycles. The average molecular weight is 456 g/mol. The van der Waals surface area contributed by atoms with Crippen molar-refractivity contribution in [2.45, 2.75) is 0 Å². The molecule has 32 heavy (non-hydrogen) atoms. The Balaban J connectivity index is 1.32. The summed E-state index contributed by atoms with van der Waals surface area (Å²) >= 11 is 6.04. The topological polar surface area (TPSA) is 111 Å². The zero-order chi connectivity index (χ0) is 22.5. The molecule has 0 atom stereocenters. The lowest BCUT2D eigenvalue weighted by molar-refractivity contribution is -0.119. The van der Waals surface area contributed by atoms with Crippen LogP contribution >= 0.6 is 11.6 Å². The molecule has 1 aliphatic heterocycles. The number of carbonyl (C=O) groups is 2. The first-order valence-corrected chi connectivity index (χ1v) is 9.85. The number of nitrogens with one attached hydrogen (secondary N) is 2. The monoisotopic (exact) mass is 455 g/mol. The third-order valence-corrected chi connectivity index (χ3v) is 4.82. The van der Waals surface area contributed by atoms with Gasteiger partial charge in [0.1, 0.15) is 11.5 Å². The van der Waals surface area contributed by atoms with Crippen molar-refractivity contribution in [3.8, 4) is 22.8 Å². The number of hydrazone groups is 1. The van der Waals surface area contributed by atoms with Crippen molar-refractivity contribution in [3.05, 3.63) is 64.9 Å². The van der Waals surface area contributed by atoms with Gasteiger partial charge < -0.3 is 23.9 Å². The van der Waals surface area contributed by atoms with Crippen LogP contribution in [0.3, 0.4) is 0 Å². The number of esters is 1. The van der Waals surface area contributed by atoms with E-state index in [9.17, 15) is 9.59 Å². The van der Waals surface area contributed by atoms with E-state index in [1.807, 2.05) is 0 Å². The highest BCUT2D eigenvalue weighted by molar-refractivity contribution is 6.33. The Labute approximate surface area is 187 Å². The molecular formula is C22H18ClN3O6. The number of hydrogen-bond donors (Lipinski definition) is 2. The molecule has 10 heteroatoms. The predicted molar refractivity (Wildman–Crippen MR) is 117 cm³/mol. The van der Waals surface area contributed by atoms with Gasteiger partial charge in [-0.25, -0.2) is 10.2 Å². The smallest absolute Gasteiger partial charge is 0.339 e. The molecule has 0 spiro atoms. The Bertz CT molecular complexity index is 1190. The highest BCUT2D eigenvalue weighted by Crippen LogP contribution is 2.34. The molecule has 4 rings (SSSR count). The summed E-state index contributed by atoms with van der Waals surface area (Å²) < 4.78 is 21.0. The van der Waals surface area contributed by atoms with Crippen molar-refractivity contribution in [1.29, 1.82) is 0 Å². The molecular weight excluding hydrogens is 438 g/mol. The van der Waals surface area contributed by atoms with Crippen LogP contribution in [0.25, 0.3) is 11.3 Å². The quantitative estimate of drug-likeness (QED) is 0.317. The van der Waals surface area contributed by atoms with Gasteiger partial charge in [-0.05, 0) is 42.5 Å². The normalized spacial score (nSPS) is 12.1. The van der Waals surface area contributed by atoms with Crippen LogP contribution in [0.4, 0.5) is 5.69 Å². The lowest BCUT2D eigenvalue weighted by atomic mass is 10.1. The summed E-state index contributed by atoms with van der Waals surface area (Å²) in [5.74, 6) is 1.33. The minimum atomic E-state index is -0.540. The molecule has 1 aliphatic rings. The summed E-state index contributed by atoms with van der Waals surface area (Å²) in [6, 6.07) is 13.6. The second-order valence-electron chi connectivity index (χ2n) is 6.60. The summed E-state index contributed by atoms with van der Waals surface area (Å²) in [6.07, 6.45) is 1.37. The Morgan fingerprint density at radius 1 is 1.12 bits per heavy atom. The number of methoxy groups -OCH3 is 1. The predicted octanol–water partition coefficient (Wildman–Crippen LogP) is 3.68. The molecule has 0 radical (unpaired) electrons. The number of anilines is 1. The Kier molecular flexibility index (Phi) is 6.27. The van der Waals surface area contributed by atoms with E-state index in [0.717, 1.165) is 5.69 Å². The number of halogens is 1. The van der Waals surface area contributed by atoms with Gasteiger partial charge in [0.05, 0.1) is 30.5 Å². The van der Waals surface area contributed by atoms with Gasteiger partial charge in [0.2, 0.25) is 6.79 Å². The molecule has 2 aromatic carbocycles. The van der Waals surface area contributed by atoms with Gasteiger partial charge in [0, 0.05) is 17.3 Å². The first-order chi connectivity index (χ1) is 15.5. The molecule has 164 valence electrons. The maximum absolute atomic E-state index is 12.0. The minimum Gasteiger partial charge on any atom is -0.465 e. The fourth-order valence-electron chi connectivity index (χ4n) is 2.92. The lowest BCUT2D eigenvalue weighted by Crippen LogP contribution is -2.25. The number of hydrogen-bond acceptors (Lipinski definition) is 8. The van der Waals surface area contributed by atoms with E-state index in [1.54, 1.807) is 48.5 Å². The van der Waals surface area contributed by atoms with Gasteiger partial charge in [-0.1, -0.05) is 11.6 Å². The number of ether oxygens (including phenoxy) is 3. The fraction of sp³-hybridized carbons (Fsp3) is 0.136. The zero-order valence-corrected chi connectivity index (χ0v) is 17.6. The largest absolute Gasteiger partial charge is 0.465 e. The van der Waals surface area contributed by atoms with Crippen molar-refractivity contribution in [1.82, 2.24) is 5.43 Å². The van der Waals surface area contributed by atoms with Crippen LogP contribution in [0.2, 0.25) is 5.02 Å². The van der Waals surface area contributed by atoms with Gasteiger partial charge in [0.25, 0.3) is 5.91 Å². The van der Waals surface area contributed by atoms with E-state index in [-0.39, 0.29) is 29.8 Å². The molecule has 3 aromatic rings. The number of rotatable bonds is 7. The molecule has 0 aliphatic carbocycles. The van der Waals surface area contributed by atoms with Crippen LogP contribution in [0.5, 0.6) is 11.5 Å². The van der Waals surface area contributed by atoms with Crippen LogP contribution in [0.1, 0.15) is 16.1 Å². The van der Waals surface area contributed by atoms with Crippen LogP contribution in [-0.4, -0.2) is 38.5 Å². The number of furan rings is 1. The molecule has 1 amide bonds. The minimum absolute atomic E-state index is 0.0153. The standard InChI is InChI=1S/C22H18ClN3O6/c1-29-22(28)16-8-13(2-5-17(16)23)18-7-4-15(32-18)10-25-26-21(27)11-24-14-3-6-19-20(9-14)31-12-30-19/h2-10,24H,11-12H2,1H3,(H,26,27)/b25-10-. The van der Waals surface area contributed by atoms with Crippen molar-refractivity contribution in [2.75, 3.05) is 25.8 Å². The number of carbonyl (C=O) groups excluding carboxylic acids is 2. The van der Waals surface area contributed by atoms with Crippen molar-refractivity contribution in [3.63, 3.8) is 0 Å². The zero-order valence-electron chi connectivity index (χ0n) is 16.9. The van der Waals surface area contributed by atoms with E-state index < -0.39 is 5.97 Å². The second-order valence-corrected chi connectivity index (χ2v) is 7.01. The third-order valence-electron chi connectivity index (χ3n) is 4.49. The Morgan fingerprint density at radius 2 is 1.97 bits per heavy atom. The van der Waals surface area contributed by atoms with Gasteiger partial charge in [-0.2, -0.15) is 5.10 Å². The van der Waals surface area contributed by atoms with Gasteiger partial charge in [-0.15, -0.1) is 0 Å². The van der Waals surface area contributed by atoms with Crippen LogP contribution in [0.15, 0.2) is 58.0 Å². The SMILES string of the molecule is COC(=O)c1cc(-c2ccc(/C=N\NC(=O)CNc3ccc4c(c3)OCO4)o2)ccc1Cl. The van der Waals surface area contributed by atoms with Crippen molar-refractivity contribution in [2.24, 2.45) is 5.10 Å². The van der Waals surface area contributed by atoms with Gasteiger partial charge in [0.15, 0.2) is 11.5 Å². The summed E-state index contributed by atoms with van der Waals surface area (Å²) in [4.78, 5) is 23.8. The number of benzene rings is 2. The van der Waals surface area contributed by atoms with Crippen molar-refractivity contribution < 1.29 is 28.2 Å². The van der Waals surface area contributed by atoms with Crippen LogP contribution in [0, 0.1) is 0 Å². The van der Waals surface area contributed by atoms with E-state index >= 15 is 0 Å². The van der Waals surface area contributed by atoms with E-state index in [2.05, 4.69) is 15.8 Å². The summed E-state index contributed by atoms with van der Waals surface area (Å²) in [7, 11) is 1.28. The van der Waals surface area contributed by atoms with E-state index in [4.69, 9.17) is 30.2 Å². The molecule has 0 fully saturated rings. The maximum Gasteiger partial charge on any atom is 0.339 e. The molecule has 9 nitrogen and oxygen atoms in total. The summed E-state index contributed by atoms with van der Waals surface area (Å²) in [5.41, 5.74) is 4.02. The fourth-order valence-corrected chi connectivity index (χ4v) is 3.11. The first-order valence-electron chi connectivity index (χ1n) is 9.47.